The molecular formula is C20H49N3Si. The largest absolute Gasteiger partial charge is 0.324 e. The summed E-state index contributed by atoms with van der Waals surface area (Å²) >= 11 is 0. The molecule has 2 N–H and O–H groups in total. The maximum atomic E-state index is 5.85. The minimum absolute atomic E-state index is 0.0496. The molecule has 0 saturated heterocycles. The third kappa shape index (κ3) is 16.9. The molecule has 4 heteroatoms. The van der Waals surface area contributed by atoms with Crippen molar-refractivity contribution in [1.29, 1.82) is 0 Å². The average molecular weight is 360 g/mol. The summed E-state index contributed by atoms with van der Waals surface area (Å²) in [5, 5.41) is 0. The summed E-state index contributed by atoms with van der Waals surface area (Å²) in [6.45, 7) is 32.0. The molecule has 0 amide bonds. The number of nitrogens with two attached hydrogens (primary N) is 1. The van der Waals surface area contributed by atoms with E-state index in [0.29, 0.717) is 5.41 Å². The maximum absolute atomic E-state index is 5.85. The van der Waals surface area contributed by atoms with Gasteiger partial charge in [0.05, 0.1) is 0 Å². The van der Waals surface area contributed by atoms with Gasteiger partial charge in [-0.05, 0) is 45.4 Å². The highest BCUT2D eigenvalue weighted by atomic mass is 28.3. The molecular weight excluding hydrogens is 310 g/mol. The van der Waals surface area contributed by atoms with Gasteiger partial charge in [0.1, 0.15) is 0 Å². The second-order valence-electron chi connectivity index (χ2n) is 9.81. The van der Waals surface area contributed by atoms with Crippen LogP contribution in [0.2, 0.25) is 25.7 Å². The van der Waals surface area contributed by atoms with Gasteiger partial charge in [0.15, 0.2) is 0 Å². The third-order valence-electron chi connectivity index (χ3n) is 4.08. The van der Waals surface area contributed by atoms with Crippen molar-refractivity contribution in [2.45, 2.75) is 86.6 Å². The van der Waals surface area contributed by atoms with E-state index in [1.807, 2.05) is 0 Å². The number of hydrogen-bond acceptors (Lipinski definition) is 3. The lowest BCUT2D eigenvalue weighted by Crippen LogP contribution is -2.45. The Bertz CT molecular complexity index is 295. The third-order valence-corrected chi connectivity index (χ3v) is 6.10. The van der Waals surface area contributed by atoms with Gasteiger partial charge in [-0.2, -0.15) is 0 Å². The van der Waals surface area contributed by atoms with Crippen LogP contribution < -0.4 is 5.73 Å². The Kier molecular flexibility index (Phi) is 12.8. The SMILES string of the molecule is CCN(CC)CC(C)(C)C[Si](C)(C)C.CCN(CC)CC(C)(C)N. The quantitative estimate of drug-likeness (QED) is 0.571. The number of rotatable bonds is 10. The minimum atomic E-state index is -0.912. The highest BCUT2D eigenvalue weighted by molar-refractivity contribution is 6.76. The maximum Gasteiger partial charge on any atom is 0.0448 e. The van der Waals surface area contributed by atoms with Crippen LogP contribution >= 0.6 is 0 Å². The molecule has 0 aromatic heterocycles. The van der Waals surface area contributed by atoms with Crippen LogP contribution in [0.3, 0.4) is 0 Å². The van der Waals surface area contributed by atoms with Crippen LogP contribution in [0.5, 0.6) is 0 Å². The molecule has 0 spiro atoms. The van der Waals surface area contributed by atoms with Gasteiger partial charge in [0.25, 0.3) is 0 Å². The zero-order chi connectivity index (χ0) is 19.6. The van der Waals surface area contributed by atoms with E-state index in [9.17, 15) is 0 Å². The van der Waals surface area contributed by atoms with E-state index >= 15 is 0 Å². The van der Waals surface area contributed by atoms with E-state index in [2.05, 4.69) is 84.8 Å². The summed E-state index contributed by atoms with van der Waals surface area (Å²) in [6.07, 6.45) is 0. The van der Waals surface area contributed by atoms with E-state index in [1.54, 1.807) is 0 Å². The van der Waals surface area contributed by atoms with Crippen molar-refractivity contribution in [1.82, 2.24) is 9.80 Å². The van der Waals surface area contributed by atoms with Crippen LogP contribution in [-0.4, -0.2) is 62.7 Å². The van der Waals surface area contributed by atoms with Gasteiger partial charge in [0.2, 0.25) is 0 Å². The molecule has 3 nitrogen and oxygen atoms in total. The second kappa shape index (κ2) is 11.7. The highest BCUT2D eigenvalue weighted by Crippen LogP contribution is 2.29. The van der Waals surface area contributed by atoms with Gasteiger partial charge in [-0.25, -0.2) is 0 Å². The molecule has 0 saturated carbocycles. The van der Waals surface area contributed by atoms with Crippen LogP contribution in [0.4, 0.5) is 0 Å². The van der Waals surface area contributed by atoms with Gasteiger partial charge in [-0.15, -0.1) is 0 Å². The summed E-state index contributed by atoms with van der Waals surface area (Å²) in [4.78, 5) is 4.88. The normalized spacial score (nSPS) is 13.2. The lowest BCUT2D eigenvalue weighted by molar-refractivity contribution is 0.206. The molecule has 0 aliphatic rings. The molecule has 0 aromatic rings. The Balaban J connectivity index is 0. The first-order valence-electron chi connectivity index (χ1n) is 9.93. The van der Waals surface area contributed by atoms with Crippen molar-refractivity contribution in [2.24, 2.45) is 11.1 Å². The number of nitrogens with zero attached hydrogens (tertiary/aromatic N) is 2. The summed E-state index contributed by atoms with van der Waals surface area (Å²) in [5.74, 6) is 0. The molecule has 0 atom stereocenters. The molecule has 0 aliphatic heterocycles. The Morgan fingerprint density at radius 1 is 0.708 bits per heavy atom. The van der Waals surface area contributed by atoms with E-state index in [1.165, 1.54) is 25.7 Å². The summed E-state index contributed by atoms with van der Waals surface area (Å²) in [7, 11) is -0.912. The summed E-state index contributed by atoms with van der Waals surface area (Å²) < 4.78 is 0. The topological polar surface area (TPSA) is 32.5 Å². The number of hydrogen-bond donors (Lipinski definition) is 1. The molecule has 0 bridgehead atoms. The summed E-state index contributed by atoms with van der Waals surface area (Å²) in [6, 6.07) is 1.43. The predicted molar refractivity (Wildman–Crippen MR) is 116 cm³/mol. The predicted octanol–water partition coefficient (Wildman–Crippen LogP) is 4.76. The molecule has 0 fully saturated rings. The fraction of sp³-hybridized carbons (Fsp3) is 1.00. The molecule has 0 unspecified atom stereocenters. The lowest BCUT2D eigenvalue weighted by atomic mass is 9.95. The van der Waals surface area contributed by atoms with E-state index < -0.39 is 8.07 Å². The summed E-state index contributed by atoms with van der Waals surface area (Å²) in [5.41, 5.74) is 6.29. The van der Waals surface area contributed by atoms with Gasteiger partial charge in [0, 0.05) is 26.7 Å². The van der Waals surface area contributed by atoms with Crippen molar-refractivity contribution in [2.75, 3.05) is 39.3 Å². The fourth-order valence-corrected chi connectivity index (χ4v) is 6.55. The van der Waals surface area contributed by atoms with Gasteiger partial charge < -0.3 is 15.5 Å². The first kappa shape index (κ1) is 26.3. The average Bonchev–Trinajstić information content (AvgIpc) is 2.39. The Morgan fingerprint density at radius 2 is 1.04 bits per heavy atom. The van der Waals surface area contributed by atoms with Crippen molar-refractivity contribution in [3.8, 4) is 0 Å². The first-order valence-corrected chi connectivity index (χ1v) is 13.6. The fourth-order valence-electron chi connectivity index (χ4n) is 3.57. The minimum Gasteiger partial charge on any atom is -0.324 e. The molecule has 0 radical (unpaired) electrons. The zero-order valence-electron chi connectivity index (χ0n) is 18.9. The van der Waals surface area contributed by atoms with E-state index in [-0.39, 0.29) is 5.54 Å². The van der Waals surface area contributed by atoms with Gasteiger partial charge in [-0.1, -0.05) is 67.2 Å². The zero-order valence-corrected chi connectivity index (χ0v) is 19.9. The second-order valence-corrected chi connectivity index (χ2v) is 15.3. The van der Waals surface area contributed by atoms with Gasteiger partial charge in [-0.3, -0.25) is 0 Å². The first-order chi connectivity index (χ1) is 10.7. The molecule has 148 valence electrons. The van der Waals surface area contributed by atoms with Crippen molar-refractivity contribution in [3.05, 3.63) is 0 Å². The molecule has 0 aliphatic carbocycles. The monoisotopic (exact) mass is 359 g/mol. The van der Waals surface area contributed by atoms with E-state index in [0.717, 1.165) is 19.6 Å². The van der Waals surface area contributed by atoms with Gasteiger partial charge >= 0.3 is 0 Å². The molecule has 24 heavy (non-hydrogen) atoms. The molecule has 0 rings (SSSR count). The Labute approximate surface area is 155 Å². The Hall–Kier alpha value is 0.0969. The van der Waals surface area contributed by atoms with E-state index in [4.69, 9.17) is 5.73 Å². The molecule has 0 aromatic carbocycles. The highest BCUT2D eigenvalue weighted by Gasteiger charge is 2.27. The standard InChI is InChI=1S/C12H29NSi.C8H20N2/c1-8-13(9-2)10-12(3,4)11-14(5,6)7;1-5-10(6-2)7-8(3,4)9/h8-11H2,1-7H3;5-7,9H2,1-4H3. The van der Waals surface area contributed by atoms with Crippen molar-refractivity contribution in [3.63, 3.8) is 0 Å². The number of likely N-dealkylation sites (N-methyl/N-ethyl adjacent to an activating group) is 1. The van der Waals surface area contributed by atoms with Crippen molar-refractivity contribution < 1.29 is 0 Å². The van der Waals surface area contributed by atoms with Crippen molar-refractivity contribution >= 4 is 8.07 Å². The van der Waals surface area contributed by atoms with Crippen LogP contribution in [0.1, 0.15) is 55.4 Å². The molecule has 0 heterocycles. The smallest absolute Gasteiger partial charge is 0.0448 e. The van der Waals surface area contributed by atoms with Crippen LogP contribution in [0, 0.1) is 5.41 Å². The van der Waals surface area contributed by atoms with Crippen LogP contribution in [-0.2, 0) is 0 Å². The van der Waals surface area contributed by atoms with Crippen LogP contribution in [0.25, 0.3) is 0 Å². The lowest BCUT2D eigenvalue weighted by Gasteiger charge is -2.35. The van der Waals surface area contributed by atoms with Crippen LogP contribution in [0.15, 0.2) is 0 Å². The Morgan fingerprint density at radius 3 is 1.25 bits per heavy atom.